The zero-order chi connectivity index (χ0) is 13.7. The van der Waals surface area contributed by atoms with Gasteiger partial charge in [-0.1, -0.05) is 13.3 Å². The predicted octanol–water partition coefficient (Wildman–Crippen LogP) is 3.66. The number of alkyl halides is 6. The second-order valence-electron chi connectivity index (χ2n) is 3.39. The van der Waals surface area contributed by atoms with Crippen LogP contribution in [0.5, 0.6) is 0 Å². The minimum atomic E-state index is -5.50. The quantitative estimate of drug-likeness (QED) is 0.416. The first kappa shape index (κ1) is 16.5. The lowest BCUT2D eigenvalue weighted by atomic mass is 10.3. The molecule has 104 valence electrons. The molecular weight excluding hydrogens is 254 g/mol. The Morgan fingerprint density at radius 2 is 1.47 bits per heavy atom. The topological polar surface area (TPSA) is 18.5 Å². The Hall–Kier alpha value is -0.500. The Morgan fingerprint density at radius 1 is 1.00 bits per heavy atom. The van der Waals surface area contributed by atoms with Gasteiger partial charge in [-0.2, -0.15) is 26.3 Å². The van der Waals surface area contributed by atoms with E-state index in [2.05, 4.69) is 9.47 Å². The second-order valence-corrected chi connectivity index (χ2v) is 3.39. The average Bonchev–Trinajstić information content (AvgIpc) is 2.11. The fourth-order valence-corrected chi connectivity index (χ4v) is 0.964. The van der Waals surface area contributed by atoms with Gasteiger partial charge in [0.2, 0.25) is 0 Å². The van der Waals surface area contributed by atoms with Crippen molar-refractivity contribution in [3.8, 4) is 0 Å². The van der Waals surface area contributed by atoms with Crippen molar-refractivity contribution in [1.29, 1.82) is 0 Å². The molecule has 0 aromatic heterocycles. The van der Waals surface area contributed by atoms with Gasteiger partial charge >= 0.3 is 12.4 Å². The maximum atomic E-state index is 12.1. The fraction of sp³-hybridized carbons (Fsp3) is 1.00. The van der Waals surface area contributed by atoms with Crippen LogP contribution in [0, 0.1) is 0 Å². The van der Waals surface area contributed by atoms with Gasteiger partial charge < -0.3 is 9.47 Å². The highest BCUT2D eigenvalue weighted by Gasteiger charge is 2.58. The van der Waals surface area contributed by atoms with Crippen LogP contribution in [-0.4, -0.2) is 31.4 Å². The number of unbranched alkanes of at least 4 members (excludes halogenated alkanes) is 1. The molecule has 0 spiro atoms. The monoisotopic (exact) mass is 268 g/mol. The number of hydrogen-bond acceptors (Lipinski definition) is 2. The van der Waals surface area contributed by atoms with Gasteiger partial charge in [-0.25, -0.2) is 0 Å². The first-order chi connectivity index (χ1) is 7.59. The van der Waals surface area contributed by atoms with E-state index in [1.807, 2.05) is 6.92 Å². The van der Waals surface area contributed by atoms with E-state index in [4.69, 9.17) is 0 Å². The van der Waals surface area contributed by atoms with Gasteiger partial charge in [-0.15, -0.1) is 0 Å². The molecule has 0 amide bonds. The molecule has 2 nitrogen and oxygen atoms in total. The van der Waals surface area contributed by atoms with Gasteiger partial charge in [0.25, 0.3) is 6.10 Å². The van der Waals surface area contributed by atoms with Gasteiger partial charge in [0, 0.05) is 6.61 Å². The summed E-state index contributed by atoms with van der Waals surface area (Å²) in [5.41, 5.74) is 0. The third kappa shape index (κ3) is 6.72. The molecule has 0 N–H and O–H groups in total. The molecule has 0 aromatic carbocycles. The van der Waals surface area contributed by atoms with E-state index in [0.29, 0.717) is 12.8 Å². The highest BCUT2D eigenvalue weighted by molar-refractivity contribution is 4.76. The lowest BCUT2D eigenvalue weighted by molar-refractivity contribution is -0.350. The van der Waals surface area contributed by atoms with E-state index in [1.165, 1.54) is 0 Å². The Balaban J connectivity index is 4.36. The summed E-state index contributed by atoms with van der Waals surface area (Å²) in [5.74, 6) is 0. The van der Waals surface area contributed by atoms with Crippen molar-refractivity contribution in [2.24, 2.45) is 0 Å². The van der Waals surface area contributed by atoms with Crippen molar-refractivity contribution in [1.82, 2.24) is 0 Å². The minimum absolute atomic E-state index is 0.0557. The predicted molar refractivity (Wildman–Crippen MR) is 47.3 cm³/mol. The van der Waals surface area contributed by atoms with Crippen LogP contribution in [0.15, 0.2) is 0 Å². The largest absolute Gasteiger partial charge is 0.423 e. The minimum Gasteiger partial charge on any atom is -0.353 e. The standard InChI is InChI=1S/C9H14F6O2/c1-3-4-5-16-6(2)17-7(8(10,11)12)9(13,14)15/h6-7H,3-5H2,1-2H3/t6-/m0/s1. The van der Waals surface area contributed by atoms with Crippen molar-refractivity contribution in [3.63, 3.8) is 0 Å². The van der Waals surface area contributed by atoms with Crippen molar-refractivity contribution in [3.05, 3.63) is 0 Å². The van der Waals surface area contributed by atoms with Gasteiger partial charge in [0.1, 0.15) is 0 Å². The molecule has 17 heavy (non-hydrogen) atoms. The summed E-state index contributed by atoms with van der Waals surface area (Å²) in [4.78, 5) is 0. The highest BCUT2D eigenvalue weighted by atomic mass is 19.4. The lowest BCUT2D eigenvalue weighted by Crippen LogP contribution is -2.46. The zero-order valence-electron chi connectivity index (χ0n) is 9.36. The van der Waals surface area contributed by atoms with E-state index in [1.54, 1.807) is 0 Å². The smallest absolute Gasteiger partial charge is 0.353 e. The summed E-state index contributed by atoms with van der Waals surface area (Å²) < 4.78 is 80.9. The maximum absolute atomic E-state index is 12.1. The zero-order valence-corrected chi connectivity index (χ0v) is 9.36. The molecule has 0 bridgehead atoms. The molecule has 1 atom stereocenters. The molecule has 0 aromatic rings. The van der Waals surface area contributed by atoms with E-state index >= 15 is 0 Å². The number of rotatable bonds is 6. The van der Waals surface area contributed by atoms with Crippen LogP contribution in [0.4, 0.5) is 26.3 Å². The molecule has 0 rings (SSSR count). The van der Waals surface area contributed by atoms with Gasteiger partial charge in [-0.3, -0.25) is 0 Å². The SMILES string of the molecule is CCCCO[C@H](C)OC(C(F)(F)F)C(F)(F)F. The van der Waals surface area contributed by atoms with Crippen LogP contribution in [0.2, 0.25) is 0 Å². The van der Waals surface area contributed by atoms with Crippen LogP contribution in [0.3, 0.4) is 0 Å². The lowest BCUT2D eigenvalue weighted by Gasteiger charge is -2.26. The molecular formula is C9H14F6O2. The molecule has 0 fully saturated rings. The van der Waals surface area contributed by atoms with Crippen LogP contribution in [0.25, 0.3) is 0 Å². The molecule has 0 unspecified atom stereocenters. The second kappa shape index (κ2) is 6.44. The van der Waals surface area contributed by atoms with Gasteiger partial charge in [-0.05, 0) is 13.3 Å². The van der Waals surface area contributed by atoms with E-state index < -0.39 is 24.7 Å². The summed E-state index contributed by atoms with van der Waals surface area (Å²) in [6.07, 6.45) is -15.1. The van der Waals surface area contributed by atoms with Crippen molar-refractivity contribution < 1.29 is 35.8 Å². The van der Waals surface area contributed by atoms with E-state index in [0.717, 1.165) is 6.92 Å². The molecule has 0 heterocycles. The van der Waals surface area contributed by atoms with Crippen molar-refractivity contribution >= 4 is 0 Å². The van der Waals surface area contributed by atoms with Crippen LogP contribution < -0.4 is 0 Å². The summed E-state index contributed by atoms with van der Waals surface area (Å²) in [6.45, 7) is 2.86. The van der Waals surface area contributed by atoms with Crippen LogP contribution >= 0.6 is 0 Å². The molecule has 8 heteroatoms. The van der Waals surface area contributed by atoms with Gasteiger partial charge in [0.05, 0.1) is 0 Å². The van der Waals surface area contributed by atoms with E-state index in [9.17, 15) is 26.3 Å². The average molecular weight is 268 g/mol. The molecule has 0 saturated carbocycles. The Labute approximate surface area is 94.9 Å². The first-order valence-electron chi connectivity index (χ1n) is 4.99. The summed E-state index contributed by atoms with van der Waals surface area (Å²) in [7, 11) is 0. The molecule has 0 aliphatic heterocycles. The Kier molecular flexibility index (Phi) is 6.25. The summed E-state index contributed by atoms with van der Waals surface area (Å²) in [6, 6.07) is 0. The summed E-state index contributed by atoms with van der Waals surface area (Å²) in [5, 5.41) is 0. The summed E-state index contributed by atoms with van der Waals surface area (Å²) >= 11 is 0. The third-order valence-electron chi connectivity index (χ3n) is 1.77. The van der Waals surface area contributed by atoms with Crippen molar-refractivity contribution in [2.45, 2.75) is 51.4 Å². The number of halogens is 6. The molecule has 0 aliphatic rings. The molecule has 0 radical (unpaired) electrons. The van der Waals surface area contributed by atoms with Crippen molar-refractivity contribution in [2.75, 3.05) is 6.61 Å². The Bertz CT molecular complexity index is 199. The van der Waals surface area contributed by atoms with Gasteiger partial charge in [0.15, 0.2) is 6.29 Å². The number of hydrogen-bond donors (Lipinski definition) is 0. The molecule has 0 saturated heterocycles. The Morgan fingerprint density at radius 3 is 1.82 bits per heavy atom. The maximum Gasteiger partial charge on any atom is 0.423 e. The molecule has 0 aliphatic carbocycles. The number of ether oxygens (including phenoxy) is 2. The fourth-order valence-electron chi connectivity index (χ4n) is 0.964. The van der Waals surface area contributed by atoms with Crippen LogP contribution in [0.1, 0.15) is 26.7 Å². The highest BCUT2D eigenvalue weighted by Crippen LogP contribution is 2.36. The normalized spacial score (nSPS) is 15.4. The third-order valence-corrected chi connectivity index (χ3v) is 1.77. The van der Waals surface area contributed by atoms with Crippen LogP contribution in [-0.2, 0) is 9.47 Å². The first-order valence-corrected chi connectivity index (χ1v) is 4.99. The van der Waals surface area contributed by atoms with E-state index in [-0.39, 0.29) is 6.61 Å².